The van der Waals surface area contributed by atoms with Crippen LogP contribution >= 0.6 is 0 Å². The predicted octanol–water partition coefficient (Wildman–Crippen LogP) is 5.00. The number of amides is 1. The fourth-order valence-electron chi connectivity index (χ4n) is 3.30. The highest BCUT2D eigenvalue weighted by Crippen LogP contribution is 2.30. The third-order valence-corrected chi connectivity index (χ3v) is 5.05. The van der Waals surface area contributed by atoms with Crippen LogP contribution < -0.4 is 14.8 Å². The van der Waals surface area contributed by atoms with Crippen molar-refractivity contribution in [2.45, 2.75) is 6.92 Å². The SMILES string of the molecule is COCCOc1cc(NC(=O)c2ccc(-c3nnc(-c4cccc(C)c4)o3)cc2)ccc1OC. The molecule has 3 aromatic carbocycles. The van der Waals surface area contributed by atoms with Gasteiger partial charge in [-0.25, -0.2) is 0 Å². The van der Waals surface area contributed by atoms with E-state index in [4.69, 9.17) is 18.6 Å². The van der Waals surface area contributed by atoms with Crippen LogP contribution in [0.1, 0.15) is 15.9 Å². The number of hydrogen-bond acceptors (Lipinski definition) is 7. The van der Waals surface area contributed by atoms with Crippen molar-refractivity contribution in [1.29, 1.82) is 0 Å². The second-order valence-electron chi connectivity index (χ2n) is 7.52. The van der Waals surface area contributed by atoms with Gasteiger partial charge in [0.25, 0.3) is 5.91 Å². The molecule has 0 fully saturated rings. The van der Waals surface area contributed by atoms with Crippen LogP contribution in [-0.4, -0.2) is 43.5 Å². The molecule has 8 nitrogen and oxygen atoms in total. The van der Waals surface area contributed by atoms with Crippen LogP contribution in [0.25, 0.3) is 22.9 Å². The summed E-state index contributed by atoms with van der Waals surface area (Å²) in [6.45, 7) is 2.82. The molecular weight excluding hydrogens is 434 g/mol. The standard InChI is InChI=1S/C26H25N3O5/c1-17-5-4-6-20(15-17)26-29-28-25(34-26)19-9-7-18(8-10-19)24(30)27-21-11-12-22(32-3)23(16-21)33-14-13-31-2/h4-12,15-16H,13-14H2,1-3H3,(H,27,30). The van der Waals surface area contributed by atoms with Gasteiger partial charge in [0.05, 0.1) is 13.7 Å². The smallest absolute Gasteiger partial charge is 0.255 e. The molecule has 4 rings (SSSR count). The van der Waals surface area contributed by atoms with Crippen LogP contribution in [0.5, 0.6) is 11.5 Å². The first kappa shape index (κ1) is 23.0. The summed E-state index contributed by atoms with van der Waals surface area (Å²) in [7, 11) is 3.16. The van der Waals surface area contributed by atoms with E-state index in [0.29, 0.717) is 47.7 Å². The monoisotopic (exact) mass is 459 g/mol. The van der Waals surface area contributed by atoms with Crippen LogP contribution in [0, 0.1) is 6.92 Å². The van der Waals surface area contributed by atoms with Crippen molar-refractivity contribution in [3.05, 3.63) is 77.9 Å². The van der Waals surface area contributed by atoms with Gasteiger partial charge in [0, 0.05) is 35.6 Å². The maximum absolute atomic E-state index is 12.8. The zero-order valence-electron chi connectivity index (χ0n) is 19.2. The number of anilines is 1. The minimum atomic E-state index is -0.259. The summed E-state index contributed by atoms with van der Waals surface area (Å²) in [5.41, 5.74) is 3.76. The van der Waals surface area contributed by atoms with Crippen molar-refractivity contribution < 1.29 is 23.4 Å². The van der Waals surface area contributed by atoms with Gasteiger partial charge in [-0.2, -0.15) is 0 Å². The van der Waals surface area contributed by atoms with Gasteiger partial charge in [0.15, 0.2) is 11.5 Å². The second kappa shape index (κ2) is 10.6. The molecule has 0 saturated heterocycles. The molecule has 1 aromatic heterocycles. The molecule has 0 spiro atoms. The van der Waals surface area contributed by atoms with E-state index in [9.17, 15) is 4.79 Å². The number of methoxy groups -OCH3 is 2. The van der Waals surface area contributed by atoms with E-state index in [1.54, 1.807) is 56.7 Å². The Bertz CT molecular complexity index is 1270. The lowest BCUT2D eigenvalue weighted by Gasteiger charge is -2.13. The summed E-state index contributed by atoms with van der Waals surface area (Å²) in [5.74, 6) is 1.67. The summed E-state index contributed by atoms with van der Waals surface area (Å²) in [6, 6.07) is 20.0. The normalized spacial score (nSPS) is 10.7. The number of carbonyl (C=O) groups excluding carboxylic acids is 1. The van der Waals surface area contributed by atoms with Crippen molar-refractivity contribution in [3.63, 3.8) is 0 Å². The third-order valence-electron chi connectivity index (χ3n) is 5.05. The second-order valence-corrected chi connectivity index (χ2v) is 7.52. The van der Waals surface area contributed by atoms with Crippen LogP contribution in [0.4, 0.5) is 5.69 Å². The number of nitrogens with zero attached hydrogens (tertiary/aromatic N) is 2. The molecule has 0 unspecified atom stereocenters. The maximum atomic E-state index is 12.8. The summed E-state index contributed by atoms with van der Waals surface area (Å²) in [6.07, 6.45) is 0. The highest BCUT2D eigenvalue weighted by Gasteiger charge is 2.13. The predicted molar refractivity (Wildman–Crippen MR) is 128 cm³/mol. The fourth-order valence-corrected chi connectivity index (χ4v) is 3.30. The lowest BCUT2D eigenvalue weighted by molar-refractivity contribution is 0.102. The van der Waals surface area contributed by atoms with Crippen molar-refractivity contribution in [3.8, 4) is 34.4 Å². The number of rotatable bonds is 9. The van der Waals surface area contributed by atoms with E-state index < -0.39 is 0 Å². The Morgan fingerprint density at radius 2 is 1.65 bits per heavy atom. The Morgan fingerprint density at radius 1 is 0.882 bits per heavy atom. The van der Waals surface area contributed by atoms with Crippen molar-refractivity contribution in [2.24, 2.45) is 0 Å². The largest absolute Gasteiger partial charge is 0.493 e. The van der Waals surface area contributed by atoms with Gasteiger partial charge in [-0.15, -0.1) is 10.2 Å². The minimum absolute atomic E-state index is 0.259. The molecule has 34 heavy (non-hydrogen) atoms. The third kappa shape index (κ3) is 5.41. The summed E-state index contributed by atoms with van der Waals surface area (Å²) in [5, 5.41) is 11.2. The van der Waals surface area contributed by atoms with Crippen LogP contribution in [0.3, 0.4) is 0 Å². The van der Waals surface area contributed by atoms with E-state index in [0.717, 1.165) is 16.7 Å². The molecular formula is C26H25N3O5. The van der Waals surface area contributed by atoms with Gasteiger partial charge in [-0.1, -0.05) is 17.7 Å². The van der Waals surface area contributed by atoms with E-state index in [1.165, 1.54) is 0 Å². The van der Waals surface area contributed by atoms with Crippen LogP contribution in [0.2, 0.25) is 0 Å². The lowest BCUT2D eigenvalue weighted by Crippen LogP contribution is -2.12. The Balaban J connectivity index is 1.45. The van der Waals surface area contributed by atoms with Gasteiger partial charge in [0.2, 0.25) is 11.8 Å². The number of aromatic nitrogens is 2. The topological polar surface area (TPSA) is 95.7 Å². The Hall–Kier alpha value is -4.17. The Labute approximate surface area is 197 Å². The molecule has 0 bridgehead atoms. The first-order chi connectivity index (χ1) is 16.6. The van der Waals surface area contributed by atoms with E-state index >= 15 is 0 Å². The van der Waals surface area contributed by atoms with Gasteiger partial charge in [-0.3, -0.25) is 4.79 Å². The summed E-state index contributed by atoms with van der Waals surface area (Å²) < 4.78 is 21.8. The van der Waals surface area contributed by atoms with Gasteiger partial charge in [0.1, 0.15) is 6.61 Å². The van der Waals surface area contributed by atoms with Crippen molar-refractivity contribution in [1.82, 2.24) is 10.2 Å². The van der Waals surface area contributed by atoms with Crippen molar-refractivity contribution >= 4 is 11.6 Å². The van der Waals surface area contributed by atoms with Crippen molar-refractivity contribution in [2.75, 3.05) is 32.8 Å². The van der Waals surface area contributed by atoms with Crippen LogP contribution in [0.15, 0.2) is 71.1 Å². The van der Waals surface area contributed by atoms with Gasteiger partial charge < -0.3 is 23.9 Å². The molecule has 1 heterocycles. The van der Waals surface area contributed by atoms with E-state index in [-0.39, 0.29) is 5.91 Å². The lowest BCUT2D eigenvalue weighted by atomic mass is 10.1. The average molecular weight is 460 g/mol. The highest BCUT2D eigenvalue weighted by atomic mass is 16.5. The number of ether oxygens (including phenoxy) is 3. The zero-order chi connectivity index (χ0) is 23.9. The molecule has 0 radical (unpaired) electrons. The molecule has 174 valence electrons. The molecule has 0 aliphatic carbocycles. The quantitative estimate of drug-likeness (QED) is 0.352. The maximum Gasteiger partial charge on any atom is 0.255 e. The molecule has 1 amide bonds. The molecule has 4 aromatic rings. The Morgan fingerprint density at radius 3 is 2.35 bits per heavy atom. The number of nitrogens with one attached hydrogen (secondary N) is 1. The zero-order valence-corrected chi connectivity index (χ0v) is 19.2. The highest BCUT2D eigenvalue weighted by molar-refractivity contribution is 6.04. The number of hydrogen-bond donors (Lipinski definition) is 1. The number of aryl methyl sites for hydroxylation is 1. The molecule has 0 aliphatic heterocycles. The van der Waals surface area contributed by atoms with Gasteiger partial charge in [-0.05, 0) is 55.5 Å². The molecule has 8 heteroatoms. The minimum Gasteiger partial charge on any atom is -0.493 e. The first-order valence-corrected chi connectivity index (χ1v) is 10.7. The molecule has 1 N–H and O–H groups in total. The number of carbonyl (C=O) groups is 1. The fraction of sp³-hybridized carbons (Fsp3) is 0.192. The number of benzene rings is 3. The molecule has 0 atom stereocenters. The van der Waals surface area contributed by atoms with E-state index in [2.05, 4.69) is 15.5 Å². The Kier molecular flexibility index (Phi) is 7.19. The summed E-state index contributed by atoms with van der Waals surface area (Å²) >= 11 is 0. The molecule has 0 aliphatic rings. The summed E-state index contributed by atoms with van der Waals surface area (Å²) in [4.78, 5) is 12.8. The van der Waals surface area contributed by atoms with E-state index in [1.807, 2.05) is 31.2 Å². The van der Waals surface area contributed by atoms with Gasteiger partial charge >= 0.3 is 0 Å². The first-order valence-electron chi connectivity index (χ1n) is 10.7. The molecule has 0 saturated carbocycles. The average Bonchev–Trinajstić information content (AvgIpc) is 3.35. The van der Waals surface area contributed by atoms with Crippen LogP contribution in [-0.2, 0) is 4.74 Å².